The molecule has 1 aliphatic heterocycles. The van der Waals surface area contributed by atoms with Crippen LogP contribution < -0.4 is 21.3 Å². The third kappa shape index (κ3) is 13.0. The number of carbonyl (C=O) groups is 6. The molecular formula is C46H57ClN10O9SSi. The van der Waals surface area contributed by atoms with Gasteiger partial charge in [0.25, 0.3) is 0 Å². The number of hydrogen-bond acceptors (Lipinski definition) is 12. The molecule has 68 heavy (non-hydrogen) atoms. The number of halogens is 1. The van der Waals surface area contributed by atoms with Gasteiger partial charge in [0.2, 0.25) is 5.91 Å². The van der Waals surface area contributed by atoms with Crippen molar-refractivity contribution in [3.05, 3.63) is 89.3 Å². The third-order valence-corrected chi connectivity index (χ3v) is 17.5. The molecule has 6 rings (SSSR count). The van der Waals surface area contributed by atoms with Gasteiger partial charge in [0, 0.05) is 40.8 Å². The number of hydrogen-bond donors (Lipinski definition) is 5. The molecule has 0 bridgehead atoms. The Morgan fingerprint density at radius 2 is 1.59 bits per heavy atom. The van der Waals surface area contributed by atoms with E-state index in [1.54, 1.807) is 57.2 Å². The van der Waals surface area contributed by atoms with Gasteiger partial charge < -0.3 is 40.4 Å². The first kappa shape index (κ1) is 51.1. The number of nitrogens with one attached hydrogen (secondary N) is 4. The number of benzene rings is 3. The van der Waals surface area contributed by atoms with Gasteiger partial charge in [-0.15, -0.1) is 5.10 Å². The van der Waals surface area contributed by atoms with E-state index in [4.69, 9.17) is 20.8 Å². The summed E-state index contributed by atoms with van der Waals surface area (Å²) in [6.45, 7) is 16.7. The second-order valence-corrected chi connectivity index (χ2v) is 25.3. The van der Waals surface area contributed by atoms with Crippen molar-refractivity contribution in [3.8, 4) is 5.69 Å². The summed E-state index contributed by atoms with van der Waals surface area (Å²) >= 11 is 8.10. The monoisotopic (exact) mass is 988 g/mol. The average Bonchev–Trinajstić information content (AvgIpc) is 3.94. The maximum absolute atomic E-state index is 14.2. The summed E-state index contributed by atoms with van der Waals surface area (Å²) in [6, 6.07) is 15.4. The summed E-state index contributed by atoms with van der Waals surface area (Å²) in [7, 11) is -2.04. The van der Waals surface area contributed by atoms with Gasteiger partial charge in [0.15, 0.2) is 8.32 Å². The predicted octanol–water partition coefficient (Wildman–Crippen LogP) is 7.81. The van der Waals surface area contributed by atoms with E-state index in [1.807, 2.05) is 16.7 Å². The van der Waals surface area contributed by atoms with Crippen LogP contribution in [-0.4, -0.2) is 121 Å². The van der Waals surface area contributed by atoms with Gasteiger partial charge in [-0.05, 0) is 134 Å². The second kappa shape index (κ2) is 21.3. The fraction of sp³-hybridized carbons (Fsp3) is 0.413. The van der Waals surface area contributed by atoms with Gasteiger partial charge >= 0.3 is 29.9 Å². The Labute approximate surface area is 404 Å². The lowest BCUT2D eigenvalue weighted by Gasteiger charge is -2.38. The zero-order chi connectivity index (χ0) is 49.6. The van der Waals surface area contributed by atoms with Gasteiger partial charge in [-0.25, -0.2) is 19.0 Å². The Hall–Kier alpha value is -6.29. The summed E-state index contributed by atoms with van der Waals surface area (Å²) in [5, 5.41) is 32.4. The molecule has 0 radical (unpaired) electrons. The van der Waals surface area contributed by atoms with E-state index in [0.717, 1.165) is 28.9 Å². The third-order valence-electron chi connectivity index (χ3n) is 11.6. The van der Waals surface area contributed by atoms with Crippen LogP contribution in [0.15, 0.2) is 73.1 Å². The van der Waals surface area contributed by atoms with Crippen molar-refractivity contribution < 1.29 is 43.0 Å². The summed E-state index contributed by atoms with van der Waals surface area (Å²) < 4.78 is 14.1. The average molecular weight is 990 g/mol. The number of aromatic carboxylic acids is 1. The van der Waals surface area contributed by atoms with Gasteiger partial charge in [0.1, 0.15) is 23.7 Å². The zero-order valence-electron chi connectivity index (χ0n) is 39.2. The van der Waals surface area contributed by atoms with E-state index >= 15 is 0 Å². The van der Waals surface area contributed by atoms with E-state index in [-0.39, 0.29) is 51.1 Å². The van der Waals surface area contributed by atoms with E-state index in [1.165, 1.54) is 41.3 Å². The number of thioether (sulfide) groups is 1. The van der Waals surface area contributed by atoms with Gasteiger partial charge in [0.05, 0.1) is 23.5 Å². The number of urea groups is 1. The van der Waals surface area contributed by atoms with Gasteiger partial charge in [-0.1, -0.05) is 44.5 Å². The molecule has 22 heteroatoms. The lowest BCUT2D eigenvalue weighted by molar-refractivity contribution is -0.137. The standard InChI is InChI=1S/C46H57ClN10O9SSi/c1-45(2,3)66-44(64)57-36-16-14-32(24-29(36)25-38(57)42(61)62)49-39(58)35(52-41(60)40(59)51-34-26-30(47)11-15-37(34)56-27-48-53-54-56)23-28-9-12-31(13-10-28)50-43(63)55(33-17-21-67-22-18-33)19-20-65-68(7,8)46(4,5)6/h9-16,24-27,33,35H,17-23H2,1-8H3,(H,49,58)(H,50,63)(H,51,59)(H,52,60)(H,61,62). The van der Waals surface area contributed by atoms with Crippen molar-refractivity contribution in [3.63, 3.8) is 0 Å². The summed E-state index contributed by atoms with van der Waals surface area (Å²) in [5.74, 6) is -2.47. The smallest absolute Gasteiger partial charge is 0.419 e. The SMILES string of the molecule is CC(C)(C)OC(=O)n1c(C(=O)O)cc2cc(NC(=O)C(Cc3ccc(NC(=O)N(CCO[Si](C)(C)C(C)(C)C)C4CCSCC4)cc3)NC(=O)C(=O)Nc3cc(Cl)ccc3-n3cnnn3)ccc21. The first-order valence-corrected chi connectivity index (χ1v) is 26.4. The number of rotatable bonds is 14. The van der Waals surface area contributed by atoms with E-state index < -0.39 is 49.7 Å². The number of anilines is 3. The summed E-state index contributed by atoms with van der Waals surface area (Å²) in [5.41, 5.74) is 0.643. The van der Waals surface area contributed by atoms with Gasteiger partial charge in [-0.2, -0.15) is 16.4 Å². The largest absolute Gasteiger partial charge is 0.477 e. The Kier molecular flexibility index (Phi) is 16.0. The minimum absolute atomic E-state index is 0.0244. The Balaban J connectivity index is 1.22. The van der Waals surface area contributed by atoms with E-state index in [2.05, 4.69) is 70.7 Å². The minimum Gasteiger partial charge on any atom is -0.477 e. The molecule has 1 aliphatic rings. The maximum Gasteiger partial charge on any atom is 0.419 e. The van der Waals surface area contributed by atoms with Crippen LogP contribution in [-0.2, 0) is 30.0 Å². The lowest BCUT2D eigenvalue weighted by atomic mass is 10.0. The number of amides is 5. The predicted molar refractivity (Wildman–Crippen MR) is 263 cm³/mol. The molecule has 5 N–H and O–H groups in total. The molecule has 0 saturated carbocycles. The fourth-order valence-corrected chi connectivity index (χ4v) is 9.38. The molecule has 3 aromatic carbocycles. The number of carboxylic acids is 1. The molecule has 1 saturated heterocycles. The molecule has 362 valence electrons. The topological polar surface area (TPSA) is 241 Å². The lowest BCUT2D eigenvalue weighted by Crippen LogP contribution is -2.49. The van der Waals surface area contributed by atoms with Crippen LogP contribution in [0.4, 0.5) is 26.7 Å². The molecule has 1 atom stereocenters. The number of ether oxygens (including phenoxy) is 1. The molecular weight excluding hydrogens is 932 g/mol. The highest BCUT2D eigenvalue weighted by molar-refractivity contribution is 7.99. The number of aromatic nitrogens is 5. The Bertz CT molecular complexity index is 2660. The molecule has 3 heterocycles. The van der Waals surface area contributed by atoms with Crippen LogP contribution in [0.2, 0.25) is 23.2 Å². The Morgan fingerprint density at radius 1 is 0.897 bits per heavy atom. The Morgan fingerprint density at radius 3 is 2.22 bits per heavy atom. The van der Waals surface area contributed by atoms with Crippen molar-refractivity contribution in [2.75, 3.05) is 40.6 Å². The minimum atomic E-state index is -2.04. The number of tetrazole rings is 1. The molecule has 5 aromatic rings. The van der Waals surface area contributed by atoms with Crippen molar-refractivity contribution in [2.45, 2.75) is 96.6 Å². The van der Waals surface area contributed by atoms with Crippen LogP contribution >= 0.6 is 23.4 Å². The fourth-order valence-electron chi connectivity index (χ4n) is 7.09. The van der Waals surface area contributed by atoms with Crippen molar-refractivity contribution in [1.29, 1.82) is 0 Å². The molecule has 0 spiro atoms. The van der Waals surface area contributed by atoms with Crippen molar-refractivity contribution >= 4 is 95.5 Å². The van der Waals surface area contributed by atoms with Gasteiger partial charge in [-0.3, -0.25) is 14.4 Å². The van der Waals surface area contributed by atoms with E-state index in [0.29, 0.717) is 35.5 Å². The first-order chi connectivity index (χ1) is 32.0. The number of carboxylic acid groups (broad SMARTS) is 1. The summed E-state index contributed by atoms with van der Waals surface area (Å²) in [4.78, 5) is 82.3. The van der Waals surface area contributed by atoms with Crippen molar-refractivity contribution in [1.82, 2.24) is 35.0 Å². The van der Waals surface area contributed by atoms with E-state index in [9.17, 15) is 33.9 Å². The molecule has 1 unspecified atom stereocenters. The second-order valence-electron chi connectivity index (χ2n) is 18.8. The number of fused-ring (bicyclic) bond motifs is 1. The molecule has 5 amide bonds. The van der Waals surface area contributed by atoms with Crippen molar-refractivity contribution in [2.24, 2.45) is 0 Å². The quantitative estimate of drug-likeness (QED) is 0.0528. The van der Waals surface area contributed by atoms with Crippen LogP contribution in [0.3, 0.4) is 0 Å². The molecule has 0 aliphatic carbocycles. The maximum atomic E-state index is 14.2. The van der Waals surface area contributed by atoms with Crippen LogP contribution in [0, 0.1) is 0 Å². The highest BCUT2D eigenvalue weighted by atomic mass is 35.5. The zero-order valence-corrected chi connectivity index (χ0v) is 41.8. The normalized spacial score (nSPS) is 13.9. The highest BCUT2D eigenvalue weighted by Gasteiger charge is 2.38. The van der Waals surface area contributed by atoms with Crippen LogP contribution in [0.1, 0.15) is 70.4 Å². The van der Waals surface area contributed by atoms with Crippen LogP contribution in [0.25, 0.3) is 16.6 Å². The summed E-state index contributed by atoms with van der Waals surface area (Å²) in [6.07, 6.45) is 2.03. The first-order valence-electron chi connectivity index (χ1n) is 22.0. The highest BCUT2D eigenvalue weighted by Crippen LogP contribution is 2.36. The van der Waals surface area contributed by atoms with Crippen LogP contribution in [0.5, 0.6) is 0 Å². The number of nitrogens with zero attached hydrogens (tertiary/aromatic N) is 6. The molecule has 19 nitrogen and oxygen atoms in total. The molecule has 1 fully saturated rings. The number of carbonyl (C=O) groups excluding carboxylic acids is 5. The molecule has 2 aromatic heterocycles.